The van der Waals surface area contributed by atoms with Crippen LogP contribution in [0.15, 0.2) is 30.5 Å². The van der Waals surface area contributed by atoms with Gasteiger partial charge in [-0.05, 0) is 39.0 Å². The average Bonchev–Trinajstić information content (AvgIpc) is 2.80. The molecule has 0 aliphatic carbocycles. The second-order valence-corrected chi connectivity index (χ2v) is 5.48. The zero-order valence-electron chi connectivity index (χ0n) is 11.6. The number of fused-ring (bicyclic) bond motifs is 1. The molecule has 0 atom stereocenters. The molecular weight excluding hydrogens is 272 g/mol. The monoisotopic (exact) mass is 286 g/mol. The Kier molecular flexibility index (Phi) is 3.18. The molecule has 0 aliphatic rings. The first-order valence-electron chi connectivity index (χ1n) is 6.54. The highest BCUT2D eigenvalue weighted by Crippen LogP contribution is 2.29. The fourth-order valence-electron chi connectivity index (χ4n) is 2.29. The Morgan fingerprint density at radius 2 is 2.00 bits per heavy atom. The van der Waals surface area contributed by atoms with E-state index in [1.807, 2.05) is 35.9 Å². The molecule has 0 radical (unpaired) electrons. The summed E-state index contributed by atoms with van der Waals surface area (Å²) in [4.78, 5) is 8.93. The molecule has 1 aromatic carbocycles. The van der Waals surface area contributed by atoms with Crippen LogP contribution in [0.2, 0.25) is 5.02 Å². The van der Waals surface area contributed by atoms with Crippen molar-refractivity contribution in [2.24, 2.45) is 0 Å². The minimum atomic E-state index is 0.252. The van der Waals surface area contributed by atoms with Gasteiger partial charge in [0.15, 0.2) is 5.82 Å². The molecule has 0 bridgehead atoms. The van der Waals surface area contributed by atoms with Crippen molar-refractivity contribution in [1.82, 2.24) is 19.7 Å². The number of hydrogen-bond donors (Lipinski definition) is 0. The van der Waals surface area contributed by atoms with Gasteiger partial charge in [-0.2, -0.15) is 5.10 Å². The van der Waals surface area contributed by atoms with Crippen molar-refractivity contribution in [3.8, 4) is 11.4 Å². The number of aryl methyl sites for hydroxylation is 1. The first kappa shape index (κ1) is 13.1. The minimum Gasteiger partial charge on any atom is -0.256 e. The van der Waals surface area contributed by atoms with Crippen molar-refractivity contribution in [1.29, 1.82) is 0 Å². The molecule has 0 amide bonds. The highest BCUT2D eigenvalue weighted by Gasteiger charge is 2.15. The van der Waals surface area contributed by atoms with Crippen LogP contribution in [0, 0.1) is 6.92 Å². The zero-order chi connectivity index (χ0) is 14.3. The maximum Gasteiger partial charge on any atom is 0.159 e. The van der Waals surface area contributed by atoms with Gasteiger partial charge in [0.25, 0.3) is 0 Å². The van der Waals surface area contributed by atoms with E-state index in [1.54, 1.807) is 6.20 Å². The predicted octanol–water partition coefficient (Wildman–Crippen LogP) is 4.04. The van der Waals surface area contributed by atoms with Crippen LogP contribution in [0.3, 0.4) is 0 Å². The largest absolute Gasteiger partial charge is 0.256 e. The van der Waals surface area contributed by atoms with Crippen molar-refractivity contribution in [3.63, 3.8) is 0 Å². The van der Waals surface area contributed by atoms with Crippen LogP contribution < -0.4 is 0 Å². The Bertz CT molecular complexity index is 777. The average molecular weight is 287 g/mol. The topological polar surface area (TPSA) is 43.6 Å². The fraction of sp³-hybridized carbons (Fsp3) is 0.267. The number of rotatable bonds is 2. The summed E-state index contributed by atoms with van der Waals surface area (Å²) in [6, 6.07) is 7.94. The SMILES string of the molecule is Cc1nc(-c2ccnc3cc(Cl)ccc23)n(C(C)C)n1. The second kappa shape index (κ2) is 4.87. The molecule has 0 aliphatic heterocycles. The molecular formula is C15H15ClN4. The van der Waals surface area contributed by atoms with E-state index in [4.69, 9.17) is 11.6 Å². The summed E-state index contributed by atoms with van der Waals surface area (Å²) in [5.74, 6) is 1.64. The maximum atomic E-state index is 6.03. The van der Waals surface area contributed by atoms with Gasteiger partial charge in [0.2, 0.25) is 0 Å². The molecule has 0 fully saturated rings. The number of benzene rings is 1. The minimum absolute atomic E-state index is 0.252. The molecule has 2 aromatic heterocycles. The molecule has 0 unspecified atom stereocenters. The number of halogens is 1. The number of pyridine rings is 1. The molecule has 5 heteroatoms. The molecule has 102 valence electrons. The van der Waals surface area contributed by atoms with Crippen LogP contribution in [-0.4, -0.2) is 19.7 Å². The van der Waals surface area contributed by atoms with E-state index in [0.29, 0.717) is 5.02 Å². The van der Waals surface area contributed by atoms with E-state index < -0.39 is 0 Å². The van der Waals surface area contributed by atoms with Crippen LogP contribution in [0.5, 0.6) is 0 Å². The summed E-state index contributed by atoms with van der Waals surface area (Å²) < 4.78 is 1.94. The highest BCUT2D eigenvalue weighted by molar-refractivity contribution is 6.31. The van der Waals surface area contributed by atoms with E-state index in [1.165, 1.54) is 0 Å². The standard InChI is InChI=1S/C15H15ClN4/c1-9(2)20-15(18-10(3)19-20)13-6-7-17-14-8-11(16)4-5-12(13)14/h4-9H,1-3H3. The van der Waals surface area contributed by atoms with Crippen molar-refractivity contribution < 1.29 is 0 Å². The molecule has 20 heavy (non-hydrogen) atoms. The molecule has 3 rings (SSSR count). The first-order valence-corrected chi connectivity index (χ1v) is 6.92. The normalized spacial score (nSPS) is 11.4. The van der Waals surface area contributed by atoms with Crippen LogP contribution in [0.4, 0.5) is 0 Å². The van der Waals surface area contributed by atoms with Gasteiger partial charge in [0.05, 0.1) is 5.52 Å². The Hall–Kier alpha value is -1.94. The van der Waals surface area contributed by atoms with Gasteiger partial charge in [0, 0.05) is 28.2 Å². The van der Waals surface area contributed by atoms with Gasteiger partial charge in [0.1, 0.15) is 5.82 Å². The lowest BCUT2D eigenvalue weighted by Gasteiger charge is -2.11. The molecule has 2 heterocycles. The Labute approximate surface area is 122 Å². The van der Waals surface area contributed by atoms with Crippen molar-refractivity contribution in [2.75, 3.05) is 0 Å². The zero-order valence-corrected chi connectivity index (χ0v) is 12.4. The van der Waals surface area contributed by atoms with E-state index in [9.17, 15) is 0 Å². The third-order valence-electron chi connectivity index (χ3n) is 3.17. The lowest BCUT2D eigenvalue weighted by atomic mass is 10.1. The van der Waals surface area contributed by atoms with Crippen LogP contribution in [-0.2, 0) is 0 Å². The first-order chi connectivity index (χ1) is 9.56. The fourth-order valence-corrected chi connectivity index (χ4v) is 2.46. The summed E-state index contributed by atoms with van der Waals surface area (Å²) in [7, 11) is 0. The lowest BCUT2D eigenvalue weighted by molar-refractivity contribution is 0.534. The van der Waals surface area contributed by atoms with E-state index in [2.05, 4.69) is 28.9 Å². The smallest absolute Gasteiger partial charge is 0.159 e. The van der Waals surface area contributed by atoms with E-state index in [0.717, 1.165) is 28.1 Å². The summed E-state index contributed by atoms with van der Waals surface area (Å²) >= 11 is 6.03. The summed E-state index contributed by atoms with van der Waals surface area (Å²) in [5, 5.41) is 6.19. The molecule has 0 saturated heterocycles. The van der Waals surface area contributed by atoms with E-state index >= 15 is 0 Å². The maximum absolute atomic E-state index is 6.03. The molecule has 0 N–H and O–H groups in total. The van der Waals surface area contributed by atoms with Gasteiger partial charge in [-0.15, -0.1) is 0 Å². The van der Waals surface area contributed by atoms with Crippen molar-refractivity contribution in [3.05, 3.63) is 41.3 Å². The predicted molar refractivity (Wildman–Crippen MR) is 80.9 cm³/mol. The Morgan fingerprint density at radius 3 is 2.75 bits per heavy atom. The van der Waals surface area contributed by atoms with Gasteiger partial charge >= 0.3 is 0 Å². The molecule has 0 spiro atoms. The summed E-state index contributed by atoms with van der Waals surface area (Å²) in [6.45, 7) is 6.10. The van der Waals surface area contributed by atoms with Crippen molar-refractivity contribution >= 4 is 22.5 Å². The van der Waals surface area contributed by atoms with Gasteiger partial charge in [-0.3, -0.25) is 4.98 Å². The molecule has 4 nitrogen and oxygen atoms in total. The Morgan fingerprint density at radius 1 is 1.20 bits per heavy atom. The van der Waals surface area contributed by atoms with Gasteiger partial charge in [-0.25, -0.2) is 9.67 Å². The number of nitrogens with zero attached hydrogens (tertiary/aromatic N) is 4. The third kappa shape index (κ3) is 2.16. The van der Waals surface area contributed by atoms with Crippen LogP contribution in [0.1, 0.15) is 25.7 Å². The second-order valence-electron chi connectivity index (χ2n) is 5.04. The van der Waals surface area contributed by atoms with Crippen molar-refractivity contribution in [2.45, 2.75) is 26.8 Å². The third-order valence-corrected chi connectivity index (χ3v) is 3.41. The van der Waals surface area contributed by atoms with Gasteiger partial charge in [-0.1, -0.05) is 17.7 Å². The van der Waals surface area contributed by atoms with Crippen LogP contribution in [0.25, 0.3) is 22.3 Å². The van der Waals surface area contributed by atoms with E-state index in [-0.39, 0.29) is 6.04 Å². The van der Waals surface area contributed by atoms with Crippen LogP contribution >= 0.6 is 11.6 Å². The molecule has 3 aromatic rings. The van der Waals surface area contributed by atoms with Gasteiger partial charge < -0.3 is 0 Å². The molecule has 0 saturated carbocycles. The summed E-state index contributed by atoms with van der Waals surface area (Å²) in [5.41, 5.74) is 1.90. The summed E-state index contributed by atoms with van der Waals surface area (Å²) in [6.07, 6.45) is 1.78. The quantitative estimate of drug-likeness (QED) is 0.714. The number of hydrogen-bond acceptors (Lipinski definition) is 3. The number of aromatic nitrogens is 4. The Balaban J connectivity index is 2.30. The lowest BCUT2D eigenvalue weighted by Crippen LogP contribution is -2.05. The highest BCUT2D eigenvalue weighted by atomic mass is 35.5.